The maximum absolute atomic E-state index is 11.7. The normalized spacial score (nSPS) is 10.6. The first kappa shape index (κ1) is 10.4. The molecule has 0 bridgehead atoms. The number of carbonyl (C=O) groups is 1. The van der Waals surface area contributed by atoms with Gasteiger partial charge in [0, 0.05) is 12.4 Å². The van der Waals surface area contributed by atoms with Crippen molar-refractivity contribution in [3.05, 3.63) is 40.3 Å². The van der Waals surface area contributed by atoms with Crippen molar-refractivity contribution in [1.82, 2.24) is 9.78 Å². The fraction of sp³-hybridized carbons (Fsp3) is 0.182. The van der Waals surface area contributed by atoms with E-state index in [2.05, 4.69) is 5.10 Å². The van der Waals surface area contributed by atoms with Crippen LogP contribution in [0, 0.1) is 0 Å². The molecule has 0 atom stereocenters. The van der Waals surface area contributed by atoms with E-state index >= 15 is 0 Å². The van der Waals surface area contributed by atoms with E-state index in [0.29, 0.717) is 16.5 Å². The van der Waals surface area contributed by atoms with Gasteiger partial charge in [-0.1, -0.05) is 18.2 Å². The molecule has 1 aromatic heterocycles. The second kappa shape index (κ2) is 3.77. The Bertz CT molecular complexity index is 616. The Morgan fingerprint density at radius 2 is 2.00 bits per heavy atom. The number of rotatable bonds is 2. The summed E-state index contributed by atoms with van der Waals surface area (Å²) in [4.78, 5) is 22.4. The van der Waals surface area contributed by atoms with Crippen molar-refractivity contribution >= 4 is 16.7 Å². The Labute approximate surface area is 90.9 Å². The topological polar surface area (TPSA) is 72.2 Å². The highest BCUT2D eigenvalue weighted by Crippen LogP contribution is 2.13. The average molecular weight is 218 g/mol. The third-order valence-electron chi connectivity index (χ3n) is 2.35. The Morgan fingerprint density at radius 3 is 2.62 bits per heavy atom. The molecule has 0 spiro atoms. The summed E-state index contributed by atoms with van der Waals surface area (Å²) in [6, 6.07) is 6.88. The second-order valence-electron chi connectivity index (χ2n) is 3.49. The first-order chi connectivity index (χ1) is 7.59. The lowest BCUT2D eigenvalue weighted by Crippen LogP contribution is -2.22. The highest BCUT2D eigenvalue weighted by molar-refractivity contribution is 5.86. The molecule has 16 heavy (non-hydrogen) atoms. The van der Waals surface area contributed by atoms with E-state index in [1.54, 1.807) is 24.3 Å². The van der Waals surface area contributed by atoms with Crippen molar-refractivity contribution in [2.24, 2.45) is 7.05 Å². The Kier molecular flexibility index (Phi) is 2.44. The highest BCUT2D eigenvalue weighted by atomic mass is 16.4. The molecule has 1 heterocycles. The van der Waals surface area contributed by atoms with Gasteiger partial charge in [0.2, 0.25) is 0 Å². The average Bonchev–Trinajstić information content (AvgIpc) is 2.25. The van der Waals surface area contributed by atoms with Gasteiger partial charge in [0.05, 0.1) is 17.5 Å². The fourth-order valence-corrected chi connectivity index (χ4v) is 1.65. The molecule has 0 aliphatic rings. The first-order valence-electron chi connectivity index (χ1n) is 4.76. The summed E-state index contributed by atoms with van der Waals surface area (Å²) >= 11 is 0. The quantitative estimate of drug-likeness (QED) is 0.799. The molecular weight excluding hydrogens is 208 g/mol. The second-order valence-corrected chi connectivity index (χ2v) is 3.49. The van der Waals surface area contributed by atoms with Gasteiger partial charge in [-0.05, 0) is 6.07 Å². The number of hydrogen-bond donors (Lipinski definition) is 1. The van der Waals surface area contributed by atoms with Crippen LogP contribution in [0.25, 0.3) is 10.8 Å². The van der Waals surface area contributed by atoms with Crippen LogP contribution in [-0.4, -0.2) is 20.9 Å². The van der Waals surface area contributed by atoms with E-state index < -0.39 is 5.97 Å². The van der Waals surface area contributed by atoms with Crippen LogP contribution < -0.4 is 5.56 Å². The summed E-state index contributed by atoms with van der Waals surface area (Å²) in [7, 11) is 1.51. The lowest BCUT2D eigenvalue weighted by molar-refractivity contribution is -0.136. The van der Waals surface area contributed by atoms with E-state index in [4.69, 9.17) is 5.11 Å². The molecule has 1 aromatic carbocycles. The summed E-state index contributed by atoms with van der Waals surface area (Å²) in [6.07, 6.45) is -0.186. The maximum Gasteiger partial charge on any atom is 0.309 e. The smallest absolute Gasteiger partial charge is 0.309 e. The van der Waals surface area contributed by atoms with Crippen LogP contribution in [0.2, 0.25) is 0 Å². The van der Waals surface area contributed by atoms with Crippen LogP contribution in [0.3, 0.4) is 0 Å². The van der Waals surface area contributed by atoms with Gasteiger partial charge in [0.25, 0.3) is 5.56 Å². The Hall–Kier alpha value is -2.17. The third-order valence-corrected chi connectivity index (χ3v) is 2.35. The molecule has 5 heteroatoms. The number of aryl methyl sites for hydroxylation is 1. The molecule has 0 aliphatic heterocycles. The van der Waals surface area contributed by atoms with E-state index in [-0.39, 0.29) is 12.0 Å². The van der Waals surface area contributed by atoms with Crippen LogP contribution in [0.4, 0.5) is 0 Å². The molecule has 2 rings (SSSR count). The number of carboxylic acid groups (broad SMARTS) is 1. The number of fused-ring (bicyclic) bond motifs is 1. The number of carboxylic acids is 1. The van der Waals surface area contributed by atoms with Crippen molar-refractivity contribution in [3.63, 3.8) is 0 Å². The summed E-state index contributed by atoms with van der Waals surface area (Å²) in [6.45, 7) is 0. The van der Waals surface area contributed by atoms with Gasteiger partial charge in [-0.25, -0.2) is 4.68 Å². The van der Waals surface area contributed by atoms with Gasteiger partial charge in [-0.3, -0.25) is 9.59 Å². The minimum atomic E-state index is -0.962. The first-order valence-corrected chi connectivity index (χ1v) is 4.76. The van der Waals surface area contributed by atoms with Gasteiger partial charge in [-0.2, -0.15) is 5.10 Å². The van der Waals surface area contributed by atoms with E-state index in [9.17, 15) is 9.59 Å². The van der Waals surface area contributed by atoms with Gasteiger partial charge in [-0.15, -0.1) is 0 Å². The van der Waals surface area contributed by atoms with Crippen LogP contribution in [0.5, 0.6) is 0 Å². The standard InChI is InChI=1S/C11H10N2O3/c1-13-11(16)8-5-3-2-4-7(8)9(12-13)6-10(14)15/h2-5H,6H2,1H3,(H,14,15). The zero-order valence-corrected chi connectivity index (χ0v) is 8.67. The van der Waals surface area contributed by atoms with Gasteiger partial charge >= 0.3 is 5.97 Å². The molecule has 0 aliphatic carbocycles. The minimum Gasteiger partial charge on any atom is -0.481 e. The number of aromatic nitrogens is 2. The number of nitrogens with zero attached hydrogens (tertiary/aromatic N) is 2. The molecule has 0 amide bonds. The monoisotopic (exact) mass is 218 g/mol. The predicted molar refractivity (Wildman–Crippen MR) is 58.3 cm³/mol. The molecule has 0 unspecified atom stereocenters. The molecule has 0 saturated heterocycles. The Morgan fingerprint density at radius 1 is 1.38 bits per heavy atom. The molecule has 0 radical (unpaired) electrons. The molecular formula is C11H10N2O3. The predicted octanol–water partition coefficient (Wildman–Crippen LogP) is 0.561. The number of benzene rings is 1. The molecule has 82 valence electrons. The van der Waals surface area contributed by atoms with Gasteiger partial charge in [0.1, 0.15) is 0 Å². The van der Waals surface area contributed by atoms with Crippen LogP contribution in [0.15, 0.2) is 29.1 Å². The van der Waals surface area contributed by atoms with Crippen LogP contribution >= 0.6 is 0 Å². The largest absolute Gasteiger partial charge is 0.481 e. The van der Waals surface area contributed by atoms with Crippen molar-refractivity contribution in [1.29, 1.82) is 0 Å². The maximum atomic E-state index is 11.7. The minimum absolute atomic E-state index is 0.186. The van der Waals surface area contributed by atoms with Gasteiger partial charge < -0.3 is 5.11 Å². The van der Waals surface area contributed by atoms with Crippen molar-refractivity contribution < 1.29 is 9.90 Å². The highest BCUT2D eigenvalue weighted by Gasteiger charge is 2.10. The molecule has 1 N–H and O–H groups in total. The zero-order valence-electron chi connectivity index (χ0n) is 8.67. The molecule has 0 fully saturated rings. The van der Waals surface area contributed by atoms with E-state index in [0.717, 1.165) is 0 Å². The van der Waals surface area contributed by atoms with Crippen molar-refractivity contribution in [2.45, 2.75) is 6.42 Å². The SMILES string of the molecule is Cn1nc(CC(=O)O)c2ccccc2c1=O. The van der Waals surface area contributed by atoms with Gasteiger partial charge in [0.15, 0.2) is 0 Å². The van der Waals surface area contributed by atoms with Crippen molar-refractivity contribution in [2.75, 3.05) is 0 Å². The number of aliphatic carboxylic acids is 1. The molecule has 0 saturated carbocycles. The molecule has 5 nitrogen and oxygen atoms in total. The lowest BCUT2D eigenvalue weighted by atomic mass is 10.1. The molecule has 2 aromatic rings. The van der Waals surface area contributed by atoms with E-state index in [1.165, 1.54) is 11.7 Å². The third kappa shape index (κ3) is 1.67. The fourth-order valence-electron chi connectivity index (χ4n) is 1.65. The Balaban J connectivity index is 2.79. The summed E-state index contributed by atoms with van der Waals surface area (Å²) in [5.41, 5.74) is 0.190. The van der Waals surface area contributed by atoms with Crippen LogP contribution in [-0.2, 0) is 18.3 Å². The summed E-state index contributed by atoms with van der Waals surface area (Å²) in [5, 5.41) is 13.8. The summed E-state index contributed by atoms with van der Waals surface area (Å²) < 4.78 is 1.17. The number of hydrogen-bond acceptors (Lipinski definition) is 3. The van der Waals surface area contributed by atoms with Crippen LogP contribution in [0.1, 0.15) is 5.69 Å². The lowest BCUT2D eigenvalue weighted by Gasteiger charge is -2.05. The van der Waals surface area contributed by atoms with E-state index in [1.807, 2.05) is 0 Å². The van der Waals surface area contributed by atoms with Crippen molar-refractivity contribution in [3.8, 4) is 0 Å². The summed E-state index contributed by atoms with van der Waals surface area (Å²) in [5.74, 6) is -0.962. The zero-order chi connectivity index (χ0) is 11.7.